The molecule has 6 heteroatoms. The van der Waals surface area contributed by atoms with Crippen LogP contribution in [0.4, 0.5) is 5.69 Å². The second kappa shape index (κ2) is 4.87. The van der Waals surface area contributed by atoms with E-state index in [2.05, 4.69) is 15.4 Å². The summed E-state index contributed by atoms with van der Waals surface area (Å²) in [5.41, 5.74) is 0.783. The minimum Gasteiger partial charge on any atom is -0.328 e. The minimum absolute atomic E-state index is 0.237. The zero-order valence-corrected chi connectivity index (χ0v) is 10.2. The van der Waals surface area contributed by atoms with E-state index in [0.717, 1.165) is 0 Å². The van der Waals surface area contributed by atoms with Crippen LogP contribution in [0.1, 0.15) is 30.2 Å². The molecule has 0 atom stereocenters. The molecule has 0 radical (unpaired) electrons. The Kier molecular flexibility index (Phi) is 3.27. The van der Waals surface area contributed by atoms with Crippen LogP contribution in [0.5, 0.6) is 0 Å². The lowest BCUT2D eigenvalue weighted by molar-refractivity contribution is 0.102. The van der Waals surface area contributed by atoms with Crippen molar-refractivity contribution in [3.8, 4) is 0 Å². The lowest BCUT2D eigenvalue weighted by Gasteiger charge is -2.04. The van der Waals surface area contributed by atoms with Crippen LogP contribution in [-0.4, -0.2) is 20.7 Å². The first-order chi connectivity index (χ1) is 8.56. The van der Waals surface area contributed by atoms with Crippen molar-refractivity contribution < 1.29 is 4.79 Å². The summed E-state index contributed by atoms with van der Waals surface area (Å²) in [6.45, 7) is 4.00. The number of rotatable bonds is 3. The molecule has 0 aliphatic carbocycles. The molecular weight excluding hydrogens is 232 g/mol. The number of amides is 1. The fraction of sp³-hybridized carbons (Fsp3) is 0.250. The molecule has 0 aliphatic heterocycles. The van der Waals surface area contributed by atoms with E-state index in [-0.39, 0.29) is 17.5 Å². The van der Waals surface area contributed by atoms with Gasteiger partial charge in [0.2, 0.25) is 5.56 Å². The summed E-state index contributed by atoms with van der Waals surface area (Å²) in [5.74, 6) is -0.283. The van der Waals surface area contributed by atoms with Crippen LogP contribution in [0.15, 0.2) is 35.5 Å². The van der Waals surface area contributed by atoms with Crippen molar-refractivity contribution in [1.29, 1.82) is 0 Å². The maximum absolute atomic E-state index is 11.8. The molecule has 1 amide bonds. The van der Waals surface area contributed by atoms with E-state index in [4.69, 9.17) is 0 Å². The average molecular weight is 246 g/mol. The Bertz CT molecular complexity index is 592. The van der Waals surface area contributed by atoms with Gasteiger partial charge in [0.1, 0.15) is 0 Å². The Morgan fingerprint density at radius 1 is 1.44 bits per heavy atom. The number of pyridine rings is 1. The summed E-state index contributed by atoms with van der Waals surface area (Å²) < 4.78 is 1.75. The van der Waals surface area contributed by atoms with Crippen LogP contribution in [-0.2, 0) is 0 Å². The third kappa shape index (κ3) is 2.65. The zero-order chi connectivity index (χ0) is 13.1. The average Bonchev–Trinajstić information content (AvgIpc) is 2.78. The number of carbonyl (C=O) groups excluding carboxylic acids is 1. The first-order valence-electron chi connectivity index (χ1n) is 5.60. The van der Waals surface area contributed by atoms with Crippen LogP contribution < -0.4 is 10.9 Å². The Morgan fingerprint density at radius 2 is 2.22 bits per heavy atom. The number of nitrogens with one attached hydrogen (secondary N) is 2. The fourth-order valence-corrected chi connectivity index (χ4v) is 1.44. The van der Waals surface area contributed by atoms with E-state index < -0.39 is 0 Å². The summed E-state index contributed by atoms with van der Waals surface area (Å²) in [6, 6.07) is 3.02. The number of nitrogens with zero attached hydrogens (tertiary/aromatic N) is 2. The highest BCUT2D eigenvalue weighted by atomic mass is 16.1. The second-order valence-electron chi connectivity index (χ2n) is 4.20. The molecule has 2 rings (SSSR count). The first kappa shape index (κ1) is 12.1. The normalized spacial score (nSPS) is 10.6. The molecule has 0 aromatic carbocycles. The Hall–Kier alpha value is -2.37. The topological polar surface area (TPSA) is 79.8 Å². The van der Waals surface area contributed by atoms with Crippen LogP contribution in [0.3, 0.4) is 0 Å². The van der Waals surface area contributed by atoms with Gasteiger partial charge in [0.25, 0.3) is 5.91 Å². The first-order valence-corrected chi connectivity index (χ1v) is 5.60. The Balaban J connectivity index is 2.11. The molecule has 2 heterocycles. The third-order valence-corrected chi connectivity index (χ3v) is 2.43. The largest absolute Gasteiger partial charge is 0.328 e. The summed E-state index contributed by atoms with van der Waals surface area (Å²) in [5, 5.41) is 6.83. The number of aromatic amines is 1. The smallest absolute Gasteiger partial charge is 0.257 e. The molecule has 94 valence electrons. The van der Waals surface area contributed by atoms with Gasteiger partial charge >= 0.3 is 0 Å². The van der Waals surface area contributed by atoms with Crippen LogP contribution in [0.25, 0.3) is 0 Å². The van der Waals surface area contributed by atoms with Gasteiger partial charge in [-0.25, -0.2) is 0 Å². The van der Waals surface area contributed by atoms with E-state index in [9.17, 15) is 9.59 Å². The van der Waals surface area contributed by atoms with E-state index in [1.807, 2.05) is 13.8 Å². The second-order valence-corrected chi connectivity index (χ2v) is 4.20. The summed E-state index contributed by atoms with van der Waals surface area (Å²) >= 11 is 0. The number of anilines is 1. The highest BCUT2D eigenvalue weighted by Gasteiger charge is 2.08. The van der Waals surface area contributed by atoms with E-state index in [1.54, 1.807) is 17.1 Å². The van der Waals surface area contributed by atoms with Gasteiger partial charge in [0.15, 0.2) is 0 Å². The van der Waals surface area contributed by atoms with Crippen molar-refractivity contribution in [3.63, 3.8) is 0 Å². The Morgan fingerprint density at radius 3 is 2.78 bits per heavy atom. The van der Waals surface area contributed by atoms with E-state index in [0.29, 0.717) is 11.3 Å². The predicted molar refractivity (Wildman–Crippen MR) is 67.6 cm³/mol. The van der Waals surface area contributed by atoms with Crippen molar-refractivity contribution in [1.82, 2.24) is 14.8 Å². The lowest BCUT2D eigenvalue weighted by atomic mass is 10.2. The van der Waals surface area contributed by atoms with Gasteiger partial charge < -0.3 is 10.3 Å². The molecule has 2 aromatic heterocycles. The standard InChI is InChI=1S/C12H14N4O2/c1-8(2)16-7-10(6-14-16)15-12(18)9-3-4-11(17)13-5-9/h3-8H,1-2H3,(H,13,17)(H,15,18). The van der Waals surface area contributed by atoms with Gasteiger partial charge in [-0.15, -0.1) is 0 Å². The van der Waals surface area contributed by atoms with Crippen molar-refractivity contribution in [2.24, 2.45) is 0 Å². The third-order valence-electron chi connectivity index (χ3n) is 2.43. The molecule has 6 nitrogen and oxygen atoms in total. The monoisotopic (exact) mass is 246 g/mol. The van der Waals surface area contributed by atoms with E-state index >= 15 is 0 Å². The van der Waals surface area contributed by atoms with Crippen LogP contribution in [0, 0.1) is 0 Å². The molecule has 0 spiro atoms. The van der Waals surface area contributed by atoms with E-state index in [1.165, 1.54) is 18.3 Å². The van der Waals surface area contributed by atoms with Gasteiger partial charge in [-0.1, -0.05) is 0 Å². The molecule has 0 fully saturated rings. The van der Waals surface area contributed by atoms with Gasteiger partial charge in [0, 0.05) is 24.5 Å². The molecule has 0 unspecified atom stereocenters. The van der Waals surface area contributed by atoms with Gasteiger partial charge in [-0.3, -0.25) is 14.3 Å². The fourth-order valence-electron chi connectivity index (χ4n) is 1.44. The molecule has 2 N–H and O–H groups in total. The molecule has 18 heavy (non-hydrogen) atoms. The number of carbonyl (C=O) groups is 1. The molecule has 0 aliphatic rings. The quantitative estimate of drug-likeness (QED) is 0.859. The van der Waals surface area contributed by atoms with Gasteiger partial charge in [-0.2, -0.15) is 5.10 Å². The van der Waals surface area contributed by atoms with Crippen molar-refractivity contribution >= 4 is 11.6 Å². The number of aromatic nitrogens is 3. The Labute approximate surface area is 104 Å². The molecule has 0 saturated heterocycles. The summed E-state index contributed by atoms with van der Waals surface area (Å²) in [7, 11) is 0. The lowest BCUT2D eigenvalue weighted by Crippen LogP contribution is -2.14. The molecular formula is C12H14N4O2. The molecule has 2 aromatic rings. The zero-order valence-electron chi connectivity index (χ0n) is 10.2. The highest BCUT2D eigenvalue weighted by Crippen LogP contribution is 2.10. The summed E-state index contributed by atoms with van der Waals surface area (Å²) in [4.78, 5) is 25.2. The van der Waals surface area contributed by atoms with Gasteiger partial charge in [0.05, 0.1) is 17.4 Å². The maximum atomic E-state index is 11.8. The molecule has 0 saturated carbocycles. The van der Waals surface area contributed by atoms with Crippen molar-refractivity contribution in [3.05, 3.63) is 46.6 Å². The minimum atomic E-state index is -0.283. The predicted octanol–water partition coefficient (Wildman–Crippen LogP) is 1.40. The van der Waals surface area contributed by atoms with Crippen LogP contribution >= 0.6 is 0 Å². The van der Waals surface area contributed by atoms with Crippen LogP contribution in [0.2, 0.25) is 0 Å². The number of hydrogen-bond acceptors (Lipinski definition) is 3. The number of H-pyrrole nitrogens is 1. The maximum Gasteiger partial charge on any atom is 0.257 e. The molecule has 0 bridgehead atoms. The van der Waals surface area contributed by atoms with Gasteiger partial charge in [-0.05, 0) is 19.9 Å². The van der Waals surface area contributed by atoms with Crippen molar-refractivity contribution in [2.75, 3.05) is 5.32 Å². The number of hydrogen-bond donors (Lipinski definition) is 2. The van der Waals surface area contributed by atoms with Crippen molar-refractivity contribution in [2.45, 2.75) is 19.9 Å². The SMILES string of the molecule is CC(C)n1cc(NC(=O)c2ccc(=O)[nH]c2)cn1. The highest BCUT2D eigenvalue weighted by molar-refractivity contribution is 6.03. The summed E-state index contributed by atoms with van der Waals surface area (Å²) in [6.07, 6.45) is 4.72.